The number of halogens is 1. The van der Waals surface area contributed by atoms with Gasteiger partial charge in [0.05, 0.1) is 10.7 Å². The van der Waals surface area contributed by atoms with Crippen LogP contribution in [-0.4, -0.2) is 16.1 Å². The SMILES string of the molecule is Cc1ccc(Nc2ccc(C(=O)Nc3ccccc3Cl)nn2)cc1. The lowest BCUT2D eigenvalue weighted by Gasteiger charge is -2.07. The Hall–Kier alpha value is -2.92. The van der Waals surface area contributed by atoms with Gasteiger partial charge in [0, 0.05) is 5.69 Å². The van der Waals surface area contributed by atoms with E-state index in [9.17, 15) is 4.79 Å². The summed E-state index contributed by atoms with van der Waals surface area (Å²) < 4.78 is 0. The summed E-state index contributed by atoms with van der Waals surface area (Å²) in [6, 6.07) is 18.2. The summed E-state index contributed by atoms with van der Waals surface area (Å²) in [6.45, 7) is 2.02. The molecule has 2 N–H and O–H groups in total. The first-order chi connectivity index (χ1) is 11.6. The predicted molar refractivity (Wildman–Crippen MR) is 95.9 cm³/mol. The third kappa shape index (κ3) is 3.88. The molecule has 1 heterocycles. The zero-order valence-corrected chi connectivity index (χ0v) is 13.7. The zero-order valence-electron chi connectivity index (χ0n) is 13.0. The van der Waals surface area contributed by atoms with E-state index in [0.29, 0.717) is 16.5 Å². The molecule has 0 unspecified atom stereocenters. The van der Waals surface area contributed by atoms with Crippen LogP contribution >= 0.6 is 11.6 Å². The molecule has 0 spiro atoms. The second-order valence-electron chi connectivity index (χ2n) is 5.23. The Morgan fingerprint density at radius 2 is 1.71 bits per heavy atom. The standard InChI is InChI=1S/C18H15ClN4O/c1-12-6-8-13(9-7-12)20-17-11-10-16(22-23-17)18(24)21-15-5-3-2-4-14(15)19/h2-11H,1H3,(H,20,23)(H,21,24). The van der Waals surface area contributed by atoms with Gasteiger partial charge < -0.3 is 10.6 Å². The monoisotopic (exact) mass is 338 g/mol. The molecule has 6 heteroatoms. The lowest BCUT2D eigenvalue weighted by Crippen LogP contribution is -2.14. The van der Waals surface area contributed by atoms with Gasteiger partial charge in [0.15, 0.2) is 11.5 Å². The van der Waals surface area contributed by atoms with Gasteiger partial charge in [0.25, 0.3) is 5.91 Å². The Kier molecular flexibility index (Phi) is 4.72. The Labute approximate surface area is 144 Å². The van der Waals surface area contributed by atoms with Crippen molar-refractivity contribution in [2.45, 2.75) is 6.92 Å². The first-order valence-electron chi connectivity index (χ1n) is 7.35. The van der Waals surface area contributed by atoms with Crippen LogP contribution in [-0.2, 0) is 0 Å². The minimum absolute atomic E-state index is 0.212. The molecule has 120 valence electrons. The first-order valence-corrected chi connectivity index (χ1v) is 7.73. The first kappa shape index (κ1) is 16.0. The molecule has 3 aromatic rings. The third-order valence-corrected chi connectivity index (χ3v) is 3.67. The zero-order chi connectivity index (χ0) is 16.9. The van der Waals surface area contributed by atoms with Crippen LogP contribution in [0.5, 0.6) is 0 Å². The summed E-state index contributed by atoms with van der Waals surface area (Å²) in [5, 5.41) is 14.3. The molecule has 0 saturated carbocycles. The number of hydrogen-bond acceptors (Lipinski definition) is 4. The second kappa shape index (κ2) is 7.10. The number of nitrogens with one attached hydrogen (secondary N) is 2. The summed E-state index contributed by atoms with van der Waals surface area (Å²) in [5.74, 6) is 0.200. The molecule has 1 amide bonds. The highest BCUT2D eigenvalue weighted by atomic mass is 35.5. The molecule has 0 saturated heterocycles. The minimum atomic E-state index is -0.363. The fourth-order valence-corrected chi connectivity index (χ4v) is 2.24. The largest absolute Gasteiger partial charge is 0.339 e. The summed E-state index contributed by atoms with van der Waals surface area (Å²) in [7, 11) is 0. The summed E-state index contributed by atoms with van der Waals surface area (Å²) in [4.78, 5) is 12.2. The Morgan fingerprint density at radius 1 is 0.958 bits per heavy atom. The van der Waals surface area contributed by atoms with Gasteiger partial charge in [-0.3, -0.25) is 4.79 Å². The summed E-state index contributed by atoms with van der Waals surface area (Å²) in [5.41, 5.74) is 2.83. The van der Waals surface area contributed by atoms with Crippen molar-refractivity contribution >= 4 is 34.7 Å². The molecular weight excluding hydrogens is 324 g/mol. The van der Waals surface area contributed by atoms with Crippen LogP contribution in [0.1, 0.15) is 16.1 Å². The number of para-hydroxylation sites is 1. The Bertz CT molecular complexity index is 848. The van der Waals surface area contributed by atoms with Gasteiger partial charge in [-0.15, -0.1) is 10.2 Å². The number of anilines is 3. The molecule has 0 atom stereocenters. The smallest absolute Gasteiger partial charge is 0.276 e. The topological polar surface area (TPSA) is 66.9 Å². The highest BCUT2D eigenvalue weighted by Gasteiger charge is 2.10. The van der Waals surface area contributed by atoms with Crippen LogP contribution in [0.2, 0.25) is 5.02 Å². The van der Waals surface area contributed by atoms with E-state index in [1.807, 2.05) is 31.2 Å². The highest BCUT2D eigenvalue weighted by molar-refractivity contribution is 6.33. The molecule has 5 nitrogen and oxygen atoms in total. The Balaban J connectivity index is 1.68. The van der Waals surface area contributed by atoms with Crippen molar-refractivity contribution < 1.29 is 4.79 Å². The van der Waals surface area contributed by atoms with Crippen molar-refractivity contribution in [3.8, 4) is 0 Å². The van der Waals surface area contributed by atoms with E-state index in [4.69, 9.17) is 11.6 Å². The minimum Gasteiger partial charge on any atom is -0.339 e. The molecule has 0 aliphatic rings. The molecule has 24 heavy (non-hydrogen) atoms. The number of nitrogens with zero attached hydrogens (tertiary/aromatic N) is 2. The van der Waals surface area contributed by atoms with Gasteiger partial charge in [-0.05, 0) is 43.3 Å². The normalized spacial score (nSPS) is 10.2. The maximum absolute atomic E-state index is 12.2. The predicted octanol–water partition coefficient (Wildman–Crippen LogP) is 4.43. The second-order valence-corrected chi connectivity index (χ2v) is 5.64. The third-order valence-electron chi connectivity index (χ3n) is 3.34. The van der Waals surface area contributed by atoms with Crippen molar-refractivity contribution in [3.05, 3.63) is 76.9 Å². The highest BCUT2D eigenvalue weighted by Crippen LogP contribution is 2.21. The van der Waals surface area contributed by atoms with Crippen LogP contribution in [0, 0.1) is 6.92 Å². The Morgan fingerprint density at radius 3 is 2.38 bits per heavy atom. The molecule has 0 bridgehead atoms. The van der Waals surface area contributed by atoms with Crippen molar-refractivity contribution in [3.63, 3.8) is 0 Å². The molecule has 0 aliphatic heterocycles. The number of benzene rings is 2. The van der Waals surface area contributed by atoms with Crippen LogP contribution < -0.4 is 10.6 Å². The summed E-state index contributed by atoms with van der Waals surface area (Å²) >= 11 is 6.02. The van der Waals surface area contributed by atoms with E-state index in [1.54, 1.807) is 36.4 Å². The molecule has 0 fully saturated rings. The van der Waals surface area contributed by atoms with E-state index in [-0.39, 0.29) is 11.6 Å². The van der Waals surface area contributed by atoms with Crippen LogP contribution in [0.25, 0.3) is 0 Å². The van der Waals surface area contributed by atoms with Gasteiger partial charge in [-0.2, -0.15) is 0 Å². The van der Waals surface area contributed by atoms with Crippen molar-refractivity contribution in [1.29, 1.82) is 0 Å². The molecule has 2 aromatic carbocycles. The van der Waals surface area contributed by atoms with E-state index in [1.165, 1.54) is 5.56 Å². The fourth-order valence-electron chi connectivity index (χ4n) is 2.05. The van der Waals surface area contributed by atoms with Gasteiger partial charge in [0.1, 0.15) is 0 Å². The maximum Gasteiger partial charge on any atom is 0.276 e. The van der Waals surface area contributed by atoms with Gasteiger partial charge in [0.2, 0.25) is 0 Å². The number of aryl methyl sites for hydroxylation is 1. The molecule has 1 aromatic heterocycles. The van der Waals surface area contributed by atoms with Crippen LogP contribution in [0.4, 0.5) is 17.2 Å². The molecule has 0 radical (unpaired) electrons. The van der Waals surface area contributed by atoms with Crippen LogP contribution in [0.15, 0.2) is 60.7 Å². The lowest BCUT2D eigenvalue weighted by atomic mass is 10.2. The van der Waals surface area contributed by atoms with Gasteiger partial charge in [-0.1, -0.05) is 41.4 Å². The number of hydrogen-bond donors (Lipinski definition) is 2. The molecule has 0 aliphatic carbocycles. The van der Waals surface area contributed by atoms with E-state index in [0.717, 1.165) is 5.69 Å². The number of rotatable bonds is 4. The number of carbonyl (C=O) groups excluding carboxylic acids is 1. The summed E-state index contributed by atoms with van der Waals surface area (Å²) in [6.07, 6.45) is 0. The van der Waals surface area contributed by atoms with E-state index < -0.39 is 0 Å². The van der Waals surface area contributed by atoms with E-state index in [2.05, 4.69) is 20.8 Å². The number of carbonyl (C=O) groups is 1. The van der Waals surface area contributed by atoms with Crippen molar-refractivity contribution in [1.82, 2.24) is 10.2 Å². The average Bonchev–Trinajstić information content (AvgIpc) is 2.59. The van der Waals surface area contributed by atoms with Crippen LogP contribution in [0.3, 0.4) is 0 Å². The fraction of sp³-hybridized carbons (Fsp3) is 0.0556. The molecular formula is C18H15ClN4O. The quantitative estimate of drug-likeness (QED) is 0.738. The average molecular weight is 339 g/mol. The lowest BCUT2D eigenvalue weighted by molar-refractivity contribution is 0.102. The maximum atomic E-state index is 12.2. The van der Waals surface area contributed by atoms with Gasteiger partial charge >= 0.3 is 0 Å². The molecule has 3 rings (SSSR count). The van der Waals surface area contributed by atoms with E-state index >= 15 is 0 Å². The number of amides is 1. The van der Waals surface area contributed by atoms with Gasteiger partial charge in [-0.25, -0.2) is 0 Å². The number of aromatic nitrogens is 2. The van der Waals surface area contributed by atoms with Crippen molar-refractivity contribution in [2.75, 3.05) is 10.6 Å². The van der Waals surface area contributed by atoms with Crippen molar-refractivity contribution in [2.24, 2.45) is 0 Å².